The second-order valence-corrected chi connectivity index (χ2v) is 12.4. The van der Waals surface area contributed by atoms with Gasteiger partial charge in [-0.25, -0.2) is 4.39 Å². The molecule has 2 saturated carbocycles. The van der Waals surface area contributed by atoms with Gasteiger partial charge in [0.05, 0.1) is 28.6 Å². The molecule has 2 aromatic carbocycles. The van der Waals surface area contributed by atoms with Crippen molar-refractivity contribution in [2.24, 2.45) is 0 Å². The van der Waals surface area contributed by atoms with E-state index in [9.17, 15) is 8.28 Å². The quantitative estimate of drug-likeness (QED) is 0.134. The zero-order valence-corrected chi connectivity index (χ0v) is 23.6. The standard InChI is InChI=1S/C20H32NP.C6H3F2OS.Au/c1-21(2)19-15-9-10-16-20(19)22(17-11-5-3-6-12-17)18-13-7-4-8-14-18;7-5-3-1-2-4-6(5)9-10-8;/h9-10,15-18H,3-8,11-14H2,1-2H3;1,3-4H;/q;-1;/p+1. The van der Waals surface area contributed by atoms with Gasteiger partial charge in [0, 0.05) is 44.4 Å². The van der Waals surface area contributed by atoms with Crippen molar-refractivity contribution in [1.82, 2.24) is 0 Å². The first-order chi connectivity index (χ1) is 15.6. The van der Waals surface area contributed by atoms with Crippen LogP contribution < -0.4 is 14.4 Å². The molecule has 0 saturated heterocycles. The number of hydrogen-bond acceptors (Lipinski definition) is 3. The summed E-state index contributed by atoms with van der Waals surface area (Å²) >= 11 is -0.391. The fraction of sp³-hybridized carbons (Fsp3) is 0.538. The van der Waals surface area contributed by atoms with E-state index in [1.165, 1.54) is 82.0 Å². The fourth-order valence-electron chi connectivity index (χ4n) is 5.20. The molecule has 2 aliphatic rings. The van der Waals surface area contributed by atoms with Crippen LogP contribution in [0.2, 0.25) is 0 Å². The minimum atomic E-state index is -0.594. The number of hydrogen-bond donors (Lipinski definition) is 0. The molecule has 2 fully saturated rings. The summed E-state index contributed by atoms with van der Waals surface area (Å²) < 4.78 is 28.0. The van der Waals surface area contributed by atoms with Crippen LogP contribution in [0.1, 0.15) is 64.2 Å². The molecule has 0 N–H and O–H groups in total. The van der Waals surface area contributed by atoms with Crippen molar-refractivity contribution in [2.75, 3.05) is 19.0 Å². The van der Waals surface area contributed by atoms with E-state index in [-0.39, 0.29) is 28.1 Å². The Balaban J connectivity index is 0.000000297. The molecule has 7 heteroatoms. The van der Waals surface area contributed by atoms with Crippen molar-refractivity contribution in [3.63, 3.8) is 0 Å². The molecule has 1 radical (unpaired) electrons. The third-order valence-corrected chi connectivity index (χ3v) is 10.9. The van der Waals surface area contributed by atoms with Crippen LogP contribution in [0.4, 0.5) is 14.0 Å². The molecule has 33 heavy (non-hydrogen) atoms. The SMILES string of the molecule is CN(C)c1ccccc1[PH+](C1CCCCC1)C1CCCCC1.FSOc1c[c-]ccc1F.[Au]. The molecule has 0 amide bonds. The molecule has 0 heterocycles. The van der Waals surface area contributed by atoms with Gasteiger partial charge in [-0.2, -0.15) is 12.1 Å². The van der Waals surface area contributed by atoms with Crippen LogP contribution in [0.15, 0.2) is 42.5 Å². The van der Waals surface area contributed by atoms with Crippen LogP contribution in [-0.2, 0) is 22.4 Å². The van der Waals surface area contributed by atoms with Crippen molar-refractivity contribution < 1.29 is 34.8 Å². The molecule has 2 aliphatic carbocycles. The molecule has 0 unspecified atom stereocenters. The van der Waals surface area contributed by atoms with Crippen molar-refractivity contribution in [3.05, 3.63) is 54.3 Å². The minimum Gasteiger partial charge on any atom is -0.458 e. The maximum atomic E-state index is 12.5. The summed E-state index contributed by atoms with van der Waals surface area (Å²) in [5, 5.41) is 1.75. The van der Waals surface area contributed by atoms with Crippen LogP contribution in [0.5, 0.6) is 5.75 Å². The van der Waals surface area contributed by atoms with Crippen molar-refractivity contribution >= 4 is 31.3 Å². The number of benzene rings is 2. The van der Waals surface area contributed by atoms with Gasteiger partial charge in [0.1, 0.15) is 5.30 Å². The summed E-state index contributed by atoms with van der Waals surface area (Å²) in [7, 11) is 4.01. The molecule has 0 spiro atoms. The number of rotatable bonds is 6. The van der Waals surface area contributed by atoms with Gasteiger partial charge in [-0.15, -0.1) is 16.0 Å². The summed E-state index contributed by atoms with van der Waals surface area (Å²) in [4.78, 5) is 2.35. The van der Waals surface area contributed by atoms with Gasteiger partial charge >= 0.3 is 0 Å². The van der Waals surface area contributed by atoms with Gasteiger partial charge in [0.15, 0.2) is 0 Å². The summed E-state index contributed by atoms with van der Waals surface area (Å²) in [6, 6.07) is 15.6. The molecule has 2 aromatic rings. The van der Waals surface area contributed by atoms with Gasteiger partial charge in [0.2, 0.25) is 0 Å². The number of anilines is 1. The summed E-state index contributed by atoms with van der Waals surface area (Å²) in [6.07, 6.45) is 14.9. The van der Waals surface area contributed by atoms with E-state index in [0.29, 0.717) is 0 Å². The third kappa shape index (κ3) is 8.54. The average Bonchev–Trinajstić information content (AvgIpc) is 2.83. The summed E-state index contributed by atoms with van der Waals surface area (Å²) in [6.45, 7) is 0. The van der Waals surface area contributed by atoms with Gasteiger partial charge in [-0.05, 0) is 63.5 Å². The second kappa shape index (κ2) is 15.4. The van der Waals surface area contributed by atoms with Gasteiger partial charge < -0.3 is 9.08 Å². The Morgan fingerprint density at radius 2 is 1.52 bits per heavy atom. The predicted molar refractivity (Wildman–Crippen MR) is 137 cm³/mol. The van der Waals surface area contributed by atoms with Gasteiger partial charge in [-0.1, -0.05) is 25.0 Å². The third-order valence-electron chi connectivity index (χ3n) is 6.68. The van der Waals surface area contributed by atoms with Gasteiger partial charge in [-0.3, -0.25) is 0 Å². The molecular formula is C26H36AuF2NOPS. The van der Waals surface area contributed by atoms with Crippen LogP contribution in [-0.4, -0.2) is 25.4 Å². The van der Waals surface area contributed by atoms with E-state index < -0.39 is 26.2 Å². The molecule has 4 rings (SSSR count). The van der Waals surface area contributed by atoms with E-state index in [2.05, 4.69) is 53.5 Å². The predicted octanol–water partition coefficient (Wildman–Crippen LogP) is 7.79. The maximum absolute atomic E-state index is 12.5. The Morgan fingerprint density at radius 3 is 2.03 bits per heavy atom. The first kappa shape index (κ1) is 28.7. The number of halogens is 2. The largest absolute Gasteiger partial charge is 0.458 e. The Bertz CT molecular complexity index is 798. The van der Waals surface area contributed by atoms with E-state index in [0.717, 1.165) is 17.4 Å². The zero-order chi connectivity index (χ0) is 22.8. The van der Waals surface area contributed by atoms with Crippen LogP contribution >= 0.6 is 20.4 Å². The van der Waals surface area contributed by atoms with Crippen molar-refractivity contribution in [3.8, 4) is 5.75 Å². The second-order valence-electron chi connectivity index (χ2n) is 9.04. The first-order valence-corrected chi connectivity index (χ1v) is 14.2. The smallest absolute Gasteiger partial charge is 0.258 e. The molecule has 0 aliphatic heterocycles. The Morgan fingerprint density at radius 1 is 0.939 bits per heavy atom. The molecular weight excluding hydrogens is 640 g/mol. The summed E-state index contributed by atoms with van der Waals surface area (Å²) in [5.41, 5.74) is 3.57. The van der Waals surface area contributed by atoms with Gasteiger partial charge in [0.25, 0.3) is 12.4 Å². The fourth-order valence-corrected chi connectivity index (χ4v) is 9.90. The summed E-state index contributed by atoms with van der Waals surface area (Å²) in [5.74, 6) is -0.737. The average molecular weight is 677 g/mol. The maximum Gasteiger partial charge on any atom is 0.258 e. The van der Waals surface area contributed by atoms with E-state index in [4.69, 9.17) is 0 Å². The molecule has 0 atom stereocenters. The van der Waals surface area contributed by atoms with Crippen LogP contribution in [0.3, 0.4) is 0 Å². The van der Waals surface area contributed by atoms with Crippen LogP contribution in [0.25, 0.3) is 0 Å². The minimum absolute atomic E-state index is 0. The Hall–Kier alpha value is -0.580. The van der Waals surface area contributed by atoms with Crippen molar-refractivity contribution in [1.29, 1.82) is 0 Å². The van der Waals surface area contributed by atoms with Crippen LogP contribution in [0, 0.1) is 11.9 Å². The molecule has 2 nitrogen and oxygen atoms in total. The van der Waals surface area contributed by atoms with E-state index >= 15 is 0 Å². The van der Waals surface area contributed by atoms with E-state index in [1.807, 2.05) is 0 Å². The van der Waals surface area contributed by atoms with Crippen molar-refractivity contribution in [2.45, 2.75) is 75.5 Å². The van der Waals surface area contributed by atoms with E-state index in [1.54, 1.807) is 5.30 Å². The monoisotopic (exact) mass is 676 g/mol. The number of para-hydroxylation sites is 1. The molecule has 187 valence electrons. The zero-order valence-electron chi connectivity index (χ0n) is 19.6. The molecule has 0 bridgehead atoms. The molecule has 0 aromatic heterocycles. The Labute approximate surface area is 220 Å². The Kier molecular flexibility index (Phi) is 13.4. The normalized spacial score (nSPS) is 17.0. The topological polar surface area (TPSA) is 12.5 Å². The number of nitrogens with zero attached hydrogens (tertiary/aromatic N) is 1. The first-order valence-electron chi connectivity index (χ1n) is 11.9.